The molecule has 1 fully saturated rings. The number of fused-ring (bicyclic) bond motifs is 1. The molecule has 0 bridgehead atoms. The minimum atomic E-state index is -0.0804. The molecule has 1 atom stereocenters. The minimum Gasteiger partial charge on any atom is -0.486 e. The summed E-state index contributed by atoms with van der Waals surface area (Å²) < 4.78 is 11.1. The number of ether oxygens (including phenoxy) is 2. The molecule has 5 nitrogen and oxygen atoms in total. The van der Waals surface area contributed by atoms with Crippen molar-refractivity contribution in [3.63, 3.8) is 0 Å². The highest BCUT2D eigenvalue weighted by Crippen LogP contribution is 2.33. The molecule has 2 aromatic carbocycles. The molecule has 1 amide bonds. The molecule has 4 rings (SSSR count). The van der Waals surface area contributed by atoms with Crippen LogP contribution in [-0.4, -0.2) is 37.1 Å². The highest BCUT2D eigenvalue weighted by atomic mass is 35.5. The average Bonchev–Trinajstić information content (AvgIpc) is 2.71. The van der Waals surface area contributed by atoms with Crippen LogP contribution in [0.1, 0.15) is 18.4 Å². The number of amides is 1. The number of nitrogens with zero attached hydrogens (tertiary/aromatic N) is 1. The van der Waals surface area contributed by atoms with Gasteiger partial charge in [0.15, 0.2) is 11.5 Å². The molecule has 1 unspecified atom stereocenters. The van der Waals surface area contributed by atoms with Crippen molar-refractivity contribution in [2.75, 3.05) is 31.6 Å². The van der Waals surface area contributed by atoms with Gasteiger partial charge in [-0.1, -0.05) is 29.3 Å². The maximum Gasteiger partial charge on any atom is 0.228 e. The fraction of sp³-hybridized carbons (Fsp3) is 0.381. The lowest BCUT2D eigenvalue weighted by Crippen LogP contribution is -2.40. The predicted octanol–water partition coefficient (Wildman–Crippen LogP) is 4.62. The molecular weight excluding hydrogens is 399 g/mol. The van der Waals surface area contributed by atoms with Crippen molar-refractivity contribution < 1.29 is 14.3 Å². The minimum absolute atomic E-state index is 0.0200. The van der Waals surface area contributed by atoms with Crippen LogP contribution in [0.4, 0.5) is 5.69 Å². The van der Waals surface area contributed by atoms with E-state index < -0.39 is 0 Å². The number of nitrogens with one attached hydrogen (secondary N) is 1. The highest BCUT2D eigenvalue weighted by Gasteiger charge is 2.27. The van der Waals surface area contributed by atoms with Gasteiger partial charge in [-0.05, 0) is 43.7 Å². The van der Waals surface area contributed by atoms with Crippen LogP contribution in [0.3, 0.4) is 0 Å². The fourth-order valence-electron chi connectivity index (χ4n) is 3.69. The highest BCUT2D eigenvalue weighted by molar-refractivity contribution is 6.35. The van der Waals surface area contributed by atoms with E-state index in [2.05, 4.69) is 10.2 Å². The number of carbonyl (C=O) groups excluding carboxylic acids is 1. The third-order valence-electron chi connectivity index (χ3n) is 5.13. The second-order valence-electron chi connectivity index (χ2n) is 7.12. The lowest BCUT2D eigenvalue weighted by molar-refractivity contribution is -0.121. The Hall–Kier alpha value is -1.95. The standard InChI is InChI=1S/C21H22Cl2N2O3/c22-17-4-1-5-18(23)16(17)13-25-8-2-3-14(12-25)21(26)24-15-6-7-19-20(11-15)28-10-9-27-19/h1,4-7,11,14H,2-3,8-10,12-13H2,(H,24,26). The monoisotopic (exact) mass is 420 g/mol. The Morgan fingerprint density at radius 3 is 2.64 bits per heavy atom. The quantitative estimate of drug-likeness (QED) is 0.783. The second-order valence-corrected chi connectivity index (χ2v) is 7.94. The SMILES string of the molecule is O=C(Nc1ccc2c(c1)OCCO2)C1CCCN(Cc2c(Cl)cccc2Cl)C1. The van der Waals surface area contributed by atoms with Crippen LogP contribution in [-0.2, 0) is 11.3 Å². The Labute approximate surface area is 174 Å². The first-order valence-corrected chi connectivity index (χ1v) is 10.2. The number of benzene rings is 2. The molecule has 0 aromatic heterocycles. The van der Waals surface area contributed by atoms with Crippen molar-refractivity contribution in [1.82, 2.24) is 4.90 Å². The third kappa shape index (κ3) is 4.37. The van der Waals surface area contributed by atoms with E-state index in [1.165, 1.54) is 0 Å². The number of likely N-dealkylation sites (tertiary alicyclic amines) is 1. The van der Waals surface area contributed by atoms with Gasteiger partial charge in [0.2, 0.25) is 5.91 Å². The first-order valence-electron chi connectivity index (χ1n) is 9.46. The number of halogens is 2. The van der Waals surface area contributed by atoms with Crippen molar-refractivity contribution in [3.8, 4) is 11.5 Å². The van der Waals surface area contributed by atoms with E-state index in [-0.39, 0.29) is 11.8 Å². The lowest BCUT2D eigenvalue weighted by atomic mass is 9.96. The van der Waals surface area contributed by atoms with E-state index in [1.54, 1.807) is 0 Å². The molecule has 148 valence electrons. The smallest absolute Gasteiger partial charge is 0.228 e. The van der Waals surface area contributed by atoms with Crippen LogP contribution in [0, 0.1) is 5.92 Å². The van der Waals surface area contributed by atoms with E-state index in [9.17, 15) is 4.79 Å². The molecule has 28 heavy (non-hydrogen) atoms. The van der Waals surface area contributed by atoms with Crippen LogP contribution in [0.5, 0.6) is 11.5 Å². The average molecular weight is 421 g/mol. The molecule has 0 aliphatic carbocycles. The van der Waals surface area contributed by atoms with E-state index in [0.29, 0.717) is 47.8 Å². The Balaban J connectivity index is 1.39. The Kier molecular flexibility index (Phi) is 5.95. The summed E-state index contributed by atoms with van der Waals surface area (Å²) in [5, 5.41) is 4.34. The first kappa shape index (κ1) is 19.4. The summed E-state index contributed by atoms with van der Waals surface area (Å²) in [4.78, 5) is 15.0. The van der Waals surface area contributed by atoms with Gasteiger partial charge in [0.25, 0.3) is 0 Å². The fourth-order valence-corrected chi connectivity index (χ4v) is 4.20. The maximum atomic E-state index is 12.8. The zero-order valence-electron chi connectivity index (χ0n) is 15.4. The molecule has 2 aromatic rings. The molecule has 0 radical (unpaired) electrons. The van der Waals surface area contributed by atoms with Crippen LogP contribution in [0.15, 0.2) is 36.4 Å². The number of piperidine rings is 1. The molecule has 0 saturated carbocycles. The molecule has 1 saturated heterocycles. The van der Waals surface area contributed by atoms with Gasteiger partial charge in [-0.2, -0.15) is 0 Å². The van der Waals surface area contributed by atoms with Gasteiger partial charge in [-0.25, -0.2) is 0 Å². The zero-order valence-corrected chi connectivity index (χ0v) is 16.9. The Bertz CT molecular complexity index is 854. The van der Waals surface area contributed by atoms with Crippen molar-refractivity contribution in [2.45, 2.75) is 19.4 Å². The van der Waals surface area contributed by atoms with E-state index in [0.717, 1.165) is 30.6 Å². The van der Waals surface area contributed by atoms with Gasteiger partial charge in [0, 0.05) is 40.5 Å². The zero-order chi connectivity index (χ0) is 19.5. The van der Waals surface area contributed by atoms with Crippen molar-refractivity contribution >= 4 is 34.8 Å². The predicted molar refractivity (Wildman–Crippen MR) is 111 cm³/mol. The van der Waals surface area contributed by atoms with Crippen LogP contribution < -0.4 is 14.8 Å². The summed E-state index contributed by atoms with van der Waals surface area (Å²) in [6.45, 7) is 3.32. The number of hydrogen-bond acceptors (Lipinski definition) is 4. The summed E-state index contributed by atoms with van der Waals surface area (Å²) in [5.41, 5.74) is 1.64. The summed E-state index contributed by atoms with van der Waals surface area (Å²) in [6, 6.07) is 11.0. The van der Waals surface area contributed by atoms with Gasteiger partial charge >= 0.3 is 0 Å². The summed E-state index contributed by atoms with van der Waals surface area (Å²) in [7, 11) is 0. The molecule has 2 heterocycles. The van der Waals surface area contributed by atoms with Crippen LogP contribution in [0.2, 0.25) is 10.0 Å². The maximum absolute atomic E-state index is 12.8. The normalized spacial score (nSPS) is 19.3. The number of carbonyl (C=O) groups is 1. The third-order valence-corrected chi connectivity index (χ3v) is 5.84. The van der Waals surface area contributed by atoms with Gasteiger partial charge < -0.3 is 14.8 Å². The topological polar surface area (TPSA) is 50.8 Å². The van der Waals surface area contributed by atoms with Gasteiger partial charge in [0.05, 0.1) is 5.92 Å². The molecular formula is C21H22Cl2N2O3. The lowest BCUT2D eigenvalue weighted by Gasteiger charge is -2.32. The van der Waals surface area contributed by atoms with Crippen molar-refractivity contribution in [2.24, 2.45) is 5.92 Å². The largest absolute Gasteiger partial charge is 0.486 e. The van der Waals surface area contributed by atoms with E-state index >= 15 is 0 Å². The Morgan fingerprint density at radius 1 is 1.11 bits per heavy atom. The number of anilines is 1. The van der Waals surface area contributed by atoms with Crippen molar-refractivity contribution in [1.29, 1.82) is 0 Å². The summed E-state index contributed by atoms with van der Waals surface area (Å²) in [6.07, 6.45) is 1.82. The summed E-state index contributed by atoms with van der Waals surface area (Å²) in [5.74, 6) is 1.32. The number of rotatable bonds is 4. The molecule has 7 heteroatoms. The Morgan fingerprint density at radius 2 is 1.86 bits per heavy atom. The molecule has 0 spiro atoms. The van der Waals surface area contributed by atoms with Crippen LogP contribution in [0.25, 0.3) is 0 Å². The number of hydrogen-bond donors (Lipinski definition) is 1. The summed E-state index contributed by atoms with van der Waals surface area (Å²) >= 11 is 12.6. The molecule has 2 aliphatic heterocycles. The molecule has 2 aliphatic rings. The van der Waals surface area contributed by atoms with E-state index in [4.69, 9.17) is 32.7 Å². The van der Waals surface area contributed by atoms with Gasteiger partial charge in [-0.15, -0.1) is 0 Å². The van der Waals surface area contributed by atoms with Crippen molar-refractivity contribution in [3.05, 3.63) is 52.0 Å². The van der Waals surface area contributed by atoms with E-state index in [1.807, 2.05) is 36.4 Å². The van der Waals surface area contributed by atoms with Gasteiger partial charge in [0.1, 0.15) is 13.2 Å². The van der Waals surface area contributed by atoms with Gasteiger partial charge in [-0.3, -0.25) is 9.69 Å². The first-order chi connectivity index (χ1) is 13.6. The van der Waals surface area contributed by atoms with Crippen LogP contribution >= 0.6 is 23.2 Å². The second kappa shape index (κ2) is 8.60. The molecule has 1 N–H and O–H groups in total.